The number of ether oxygens (including phenoxy) is 2. The minimum absolute atomic E-state index is 0. The lowest BCUT2D eigenvalue weighted by Gasteiger charge is -2.12. The topological polar surface area (TPSA) is 54.9 Å². The second-order valence-electron chi connectivity index (χ2n) is 5.89. The molecule has 0 aromatic heterocycles. The van der Waals surface area contributed by atoms with Crippen LogP contribution < -0.4 is 15.4 Å². The van der Waals surface area contributed by atoms with Gasteiger partial charge in [-0.2, -0.15) is 0 Å². The number of halogens is 1. The van der Waals surface area contributed by atoms with E-state index in [0.717, 1.165) is 31.2 Å². The maximum Gasteiger partial charge on any atom is 0.191 e. The Morgan fingerprint density at radius 1 is 0.963 bits per heavy atom. The molecule has 0 radical (unpaired) electrons. The van der Waals surface area contributed by atoms with Gasteiger partial charge in [0.15, 0.2) is 5.96 Å². The quantitative estimate of drug-likeness (QED) is 0.233. The van der Waals surface area contributed by atoms with Gasteiger partial charge >= 0.3 is 0 Å². The summed E-state index contributed by atoms with van der Waals surface area (Å²) < 4.78 is 10.8. The van der Waals surface area contributed by atoms with E-state index in [-0.39, 0.29) is 24.0 Å². The highest BCUT2D eigenvalue weighted by Gasteiger charge is 1.99. The fourth-order valence-corrected chi connectivity index (χ4v) is 2.41. The van der Waals surface area contributed by atoms with Crippen LogP contribution in [-0.4, -0.2) is 32.8 Å². The lowest BCUT2D eigenvalue weighted by atomic mass is 10.1. The summed E-state index contributed by atoms with van der Waals surface area (Å²) in [7, 11) is 1.71. The van der Waals surface area contributed by atoms with Crippen LogP contribution in [0.3, 0.4) is 0 Å². The molecule has 0 spiro atoms. The summed E-state index contributed by atoms with van der Waals surface area (Å²) in [6, 6.07) is 18.2. The highest BCUT2D eigenvalue weighted by Crippen LogP contribution is 2.08. The van der Waals surface area contributed by atoms with Gasteiger partial charge in [0.1, 0.15) is 5.75 Å². The molecule has 2 N–H and O–H groups in total. The molecule has 2 rings (SSSR count). The highest BCUT2D eigenvalue weighted by molar-refractivity contribution is 14.0. The van der Waals surface area contributed by atoms with Crippen LogP contribution in [0, 0.1) is 0 Å². The van der Waals surface area contributed by atoms with Gasteiger partial charge in [-0.15, -0.1) is 24.0 Å². The predicted octanol–water partition coefficient (Wildman–Crippen LogP) is 3.98. The van der Waals surface area contributed by atoms with Crippen molar-refractivity contribution in [3.8, 4) is 5.75 Å². The third-order valence-electron chi connectivity index (χ3n) is 3.72. The second kappa shape index (κ2) is 14.3. The standard InChI is InChI=1S/C21H29N3O2.HI/c1-3-22-21(23-14-7-15-26-20-8-5-4-6-9-20)24-16-18-10-12-19(13-11-18)17-25-2;/h4-6,8-13H,3,7,14-17H2,1-2H3,(H2,22,23,24);1H. The third-order valence-corrected chi connectivity index (χ3v) is 3.72. The molecular weight excluding hydrogens is 453 g/mol. The van der Waals surface area contributed by atoms with Crippen LogP contribution in [0.2, 0.25) is 0 Å². The number of benzene rings is 2. The summed E-state index contributed by atoms with van der Waals surface area (Å²) >= 11 is 0. The van der Waals surface area contributed by atoms with Crippen molar-refractivity contribution >= 4 is 29.9 Å². The van der Waals surface area contributed by atoms with Crippen molar-refractivity contribution in [3.63, 3.8) is 0 Å². The largest absolute Gasteiger partial charge is 0.494 e. The van der Waals surface area contributed by atoms with E-state index >= 15 is 0 Å². The van der Waals surface area contributed by atoms with E-state index < -0.39 is 0 Å². The minimum Gasteiger partial charge on any atom is -0.494 e. The van der Waals surface area contributed by atoms with E-state index in [0.29, 0.717) is 19.8 Å². The molecule has 0 saturated heterocycles. The average molecular weight is 483 g/mol. The van der Waals surface area contributed by atoms with Crippen LogP contribution in [0.15, 0.2) is 59.6 Å². The number of para-hydroxylation sites is 1. The molecule has 0 fully saturated rings. The smallest absolute Gasteiger partial charge is 0.191 e. The Kier molecular flexibility index (Phi) is 12.3. The molecular formula is C21H30IN3O2. The number of rotatable bonds is 10. The monoisotopic (exact) mass is 483 g/mol. The van der Waals surface area contributed by atoms with Crippen molar-refractivity contribution < 1.29 is 9.47 Å². The van der Waals surface area contributed by atoms with Gasteiger partial charge in [-0.05, 0) is 36.6 Å². The van der Waals surface area contributed by atoms with Gasteiger partial charge in [-0.25, -0.2) is 4.99 Å². The molecule has 5 nitrogen and oxygen atoms in total. The zero-order chi connectivity index (χ0) is 18.5. The zero-order valence-corrected chi connectivity index (χ0v) is 18.4. The fourth-order valence-electron chi connectivity index (χ4n) is 2.41. The maximum absolute atomic E-state index is 5.70. The SMILES string of the molecule is CCNC(=NCc1ccc(COC)cc1)NCCCOc1ccccc1.I. The molecule has 0 aliphatic heterocycles. The van der Waals surface area contributed by atoms with Gasteiger partial charge in [0.2, 0.25) is 0 Å². The normalized spacial score (nSPS) is 10.8. The van der Waals surface area contributed by atoms with Crippen molar-refractivity contribution in [2.75, 3.05) is 26.8 Å². The number of nitrogens with zero attached hydrogens (tertiary/aromatic N) is 1. The number of guanidine groups is 1. The summed E-state index contributed by atoms with van der Waals surface area (Å²) in [5, 5.41) is 6.62. The molecule has 0 saturated carbocycles. The van der Waals surface area contributed by atoms with Gasteiger partial charge in [0.25, 0.3) is 0 Å². The third kappa shape index (κ3) is 9.63. The molecule has 148 valence electrons. The highest BCUT2D eigenvalue weighted by atomic mass is 127. The van der Waals surface area contributed by atoms with E-state index in [9.17, 15) is 0 Å². The predicted molar refractivity (Wildman–Crippen MR) is 122 cm³/mol. The van der Waals surface area contributed by atoms with Crippen molar-refractivity contribution in [3.05, 3.63) is 65.7 Å². The molecule has 0 amide bonds. The lowest BCUT2D eigenvalue weighted by Crippen LogP contribution is -2.38. The average Bonchev–Trinajstić information content (AvgIpc) is 2.68. The molecule has 27 heavy (non-hydrogen) atoms. The first kappa shape index (κ1) is 23.2. The maximum atomic E-state index is 5.70. The Labute approximate surface area is 179 Å². The molecule has 6 heteroatoms. The number of hydrogen-bond donors (Lipinski definition) is 2. The Balaban J connectivity index is 0.00000364. The molecule has 0 aliphatic carbocycles. The molecule has 0 aliphatic rings. The summed E-state index contributed by atoms with van der Waals surface area (Å²) in [5.41, 5.74) is 2.35. The van der Waals surface area contributed by atoms with Crippen molar-refractivity contribution in [2.24, 2.45) is 4.99 Å². The fraction of sp³-hybridized carbons (Fsp3) is 0.381. The number of nitrogens with one attached hydrogen (secondary N) is 2. The summed E-state index contributed by atoms with van der Waals surface area (Å²) in [5.74, 6) is 1.73. The first-order chi connectivity index (χ1) is 12.8. The van der Waals surface area contributed by atoms with Gasteiger partial charge in [0, 0.05) is 20.2 Å². The Bertz CT molecular complexity index is 648. The summed E-state index contributed by atoms with van der Waals surface area (Å²) in [4.78, 5) is 4.64. The number of methoxy groups -OCH3 is 1. The van der Waals surface area contributed by atoms with Gasteiger partial charge < -0.3 is 20.1 Å². The Morgan fingerprint density at radius 3 is 2.33 bits per heavy atom. The van der Waals surface area contributed by atoms with Crippen LogP contribution in [-0.2, 0) is 17.9 Å². The van der Waals surface area contributed by atoms with Crippen molar-refractivity contribution in [2.45, 2.75) is 26.5 Å². The van der Waals surface area contributed by atoms with E-state index in [1.165, 1.54) is 11.1 Å². The molecule has 2 aromatic rings. The van der Waals surface area contributed by atoms with Crippen LogP contribution >= 0.6 is 24.0 Å². The Morgan fingerprint density at radius 2 is 1.67 bits per heavy atom. The minimum atomic E-state index is 0. The first-order valence-electron chi connectivity index (χ1n) is 9.08. The van der Waals surface area contributed by atoms with Gasteiger partial charge in [0.05, 0.1) is 19.8 Å². The van der Waals surface area contributed by atoms with Crippen molar-refractivity contribution in [1.82, 2.24) is 10.6 Å². The molecule has 2 aromatic carbocycles. The van der Waals surface area contributed by atoms with Crippen LogP contribution in [0.1, 0.15) is 24.5 Å². The zero-order valence-electron chi connectivity index (χ0n) is 16.1. The van der Waals surface area contributed by atoms with E-state index in [1.807, 2.05) is 30.3 Å². The van der Waals surface area contributed by atoms with Crippen molar-refractivity contribution in [1.29, 1.82) is 0 Å². The second-order valence-corrected chi connectivity index (χ2v) is 5.89. The summed E-state index contributed by atoms with van der Waals surface area (Å²) in [6.45, 7) is 5.67. The van der Waals surface area contributed by atoms with Crippen LogP contribution in [0.4, 0.5) is 0 Å². The van der Waals surface area contributed by atoms with E-state index in [1.54, 1.807) is 7.11 Å². The summed E-state index contributed by atoms with van der Waals surface area (Å²) in [6.07, 6.45) is 0.908. The Hall–Kier alpha value is -1.80. The van der Waals surface area contributed by atoms with E-state index in [2.05, 4.69) is 46.8 Å². The molecule has 0 unspecified atom stereocenters. The number of hydrogen-bond acceptors (Lipinski definition) is 3. The van der Waals surface area contributed by atoms with Crippen LogP contribution in [0.25, 0.3) is 0 Å². The lowest BCUT2D eigenvalue weighted by molar-refractivity contribution is 0.185. The first-order valence-corrected chi connectivity index (χ1v) is 9.08. The molecule has 0 bridgehead atoms. The van der Waals surface area contributed by atoms with Gasteiger partial charge in [-0.1, -0.05) is 42.5 Å². The number of aliphatic imine (C=N–C) groups is 1. The van der Waals surface area contributed by atoms with Crippen LogP contribution in [0.5, 0.6) is 5.75 Å². The molecule has 0 atom stereocenters. The van der Waals surface area contributed by atoms with E-state index in [4.69, 9.17) is 9.47 Å². The van der Waals surface area contributed by atoms with Gasteiger partial charge in [-0.3, -0.25) is 0 Å². The molecule has 0 heterocycles.